The van der Waals surface area contributed by atoms with E-state index in [-0.39, 0.29) is 5.91 Å². The average Bonchev–Trinajstić information content (AvgIpc) is 2.58. The second-order valence-electron chi connectivity index (χ2n) is 6.11. The van der Waals surface area contributed by atoms with Crippen molar-refractivity contribution >= 4 is 29.2 Å². The fourth-order valence-electron chi connectivity index (χ4n) is 2.30. The minimum atomic E-state index is -1.11. The maximum atomic E-state index is 12.8. The molecule has 2 aromatic rings. The number of carbonyl (C=O) groups is 2. The van der Waals surface area contributed by atoms with E-state index in [1.165, 1.54) is 4.90 Å². The van der Waals surface area contributed by atoms with Crippen molar-refractivity contribution < 1.29 is 24.2 Å². The van der Waals surface area contributed by atoms with E-state index in [1.807, 2.05) is 0 Å². The van der Waals surface area contributed by atoms with Crippen molar-refractivity contribution in [3.8, 4) is 11.5 Å². The van der Waals surface area contributed by atoms with Crippen molar-refractivity contribution in [3.63, 3.8) is 0 Å². The number of rotatable bonds is 7. The number of hydrogen-bond acceptors (Lipinski definition) is 4. The van der Waals surface area contributed by atoms with Crippen molar-refractivity contribution in [1.29, 1.82) is 0 Å². The van der Waals surface area contributed by atoms with Crippen LogP contribution in [0, 0.1) is 0 Å². The predicted molar refractivity (Wildman–Crippen MR) is 99.1 cm³/mol. The van der Waals surface area contributed by atoms with Gasteiger partial charge in [0, 0.05) is 17.8 Å². The normalized spacial score (nSPS) is 10.9. The smallest absolute Gasteiger partial charge is 0.341 e. The highest BCUT2D eigenvalue weighted by Crippen LogP contribution is 2.26. The monoisotopic (exact) mass is 377 g/mol. The molecule has 0 aliphatic carbocycles. The molecule has 138 valence electrons. The van der Waals surface area contributed by atoms with Crippen molar-refractivity contribution in [2.24, 2.45) is 0 Å². The van der Waals surface area contributed by atoms with Crippen LogP contribution in [0.15, 0.2) is 48.5 Å². The number of nitrogens with zero attached hydrogens (tertiary/aromatic N) is 1. The Morgan fingerprint density at radius 3 is 2.35 bits per heavy atom. The number of benzene rings is 2. The van der Waals surface area contributed by atoms with E-state index in [2.05, 4.69) is 0 Å². The molecule has 0 aliphatic rings. The number of amides is 1. The number of carbonyl (C=O) groups excluding carboxylic acids is 1. The van der Waals surface area contributed by atoms with Crippen LogP contribution in [-0.2, 0) is 9.59 Å². The summed E-state index contributed by atoms with van der Waals surface area (Å²) in [6.07, 6.45) is 0. The first kappa shape index (κ1) is 19.6. The Bertz CT molecular complexity index is 789. The molecule has 7 heteroatoms. The summed E-state index contributed by atoms with van der Waals surface area (Å²) >= 11 is 5.95. The number of carboxylic acids is 1. The summed E-state index contributed by atoms with van der Waals surface area (Å²) in [5.41, 5.74) is -0.488. The Morgan fingerprint density at radius 2 is 1.77 bits per heavy atom. The largest absolute Gasteiger partial charge is 0.482 e. The summed E-state index contributed by atoms with van der Waals surface area (Å²) < 4.78 is 10.9. The molecule has 0 atom stereocenters. The molecular formula is C19H20ClNO5. The maximum absolute atomic E-state index is 12.8. The third-order valence-corrected chi connectivity index (χ3v) is 3.81. The lowest BCUT2D eigenvalue weighted by molar-refractivity contribution is -0.139. The minimum absolute atomic E-state index is 0.253. The molecule has 0 bridgehead atoms. The third-order valence-electron chi connectivity index (χ3n) is 3.58. The second-order valence-corrected chi connectivity index (χ2v) is 6.55. The van der Waals surface area contributed by atoms with Crippen LogP contribution in [0.1, 0.15) is 13.8 Å². The molecular weight excluding hydrogens is 358 g/mol. The lowest BCUT2D eigenvalue weighted by atomic mass is 10.1. The van der Waals surface area contributed by atoms with Gasteiger partial charge >= 0.3 is 5.97 Å². The number of halogens is 1. The second kappa shape index (κ2) is 8.10. The molecule has 0 saturated carbocycles. The minimum Gasteiger partial charge on any atom is -0.482 e. The average molecular weight is 378 g/mol. The molecule has 0 unspecified atom stereocenters. The Kier molecular flexibility index (Phi) is 6.10. The van der Waals surface area contributed by atoms with Crippen LogP contribution in [0.25, 0.3) is 0 Å². The summed E-state index contributed by atoms with van der Waals surface area (Å²) in [4.78, 5) is 24.8. The molecule has 2 aromatic carbocycles. The van der Waals surface area contributed by atoms with Crippen molar-refractivity contribution in [3.05, 3.63) is 53.6 Å². The first-order valence-corrected chi connectivity index (χ1v) is 8.24. The van der Waals surface area contributed by atoms with Crippen molar-refractivity contribution in [2.45, 2.75) is 19.4 Å². The van der Waals surface area contributed by atoms with E-state index < -0.39 is 18.2 Å². The van der Waals surface area contributed by atoms with Gasteiger partial charge in [0.2, 0.25) is 0 Å². The van der Waals surface area contributed by atoms with Gasteiger partial charge in [-0.3, -0.25) is 4.79 Å². The van der Waals surface area contributed by atoms with E-state index in [0.29, 0.717) is 22.2 Å². The van der Waals surface area contributed by atoms with Crippen LogP contribution in [0.2, 0.25) is 5.02 Å². The maximum Gasteiger partial charge on any atom is 0.341 e. The van der Waals surface area contributed by atoms with E-state index in [4.69, 9.17) is 26.2 Å². The summed E-state index contributed by atoms with van der Waals surface area (Å²) in [6.45, 7) is 2.93. The lowest BCUT2D eigenvalue weighted by Gasteiger charge is -2.30. The third kappa shape index (κ3) is 5.13. The Morgan fingerprint density at radius 1 is 1.12 bits per heavy atom. The fraction of sp³-hybridized carbons (Fsp3) is 0.263. The summed E-state index contributed by atoms with van der Waals surface area (Å²) in [5.74, 6) is -0.397. The molecule has 2 rings (SSSR count). The first-order chi connectivity index (χ1) is 12.2. The Labute approximate surface area is 156 Å². The number of carboxylic acid groups (broad SMARTS) is 1. The zero-order valence-electron chi connectivity index (χ0n) is 14.7. The first-order valence-electron chi connectivity index (χ1n) is 7.86. The number of hydrogen-bond donors (Lipinski definition) is 1. The van der Waals surface area contributed by atoms with Gasteiger partial charge in [0.15, 0.2) is 12.2 Å². The topological polar surface area (TPSA) is 76.1 Å². The van der Waals surface area contributed by atoms with Gasteiger partial charge < -0.3 is 19.5 Å². The molecule has 0 spiro atoms. The highest BCUT2D eigenvalue weighted by Gasteiger charge is 2.33. The van der Waals surface area contributed by atoms with Gasteiger partial charge in [0.1, 0.15) is 11.5 Å². The van der Waals surface area contributed by atoms with Crippen LogP contribution >= 0.6 is 11.6 Å². The van der Waals surface area contributed by atoms with Gasteiger partial charge in [-0.05, 0) is 56.3 Å². The Balaban J connectivity index is 2.08. The number of aliphatic carboxylic acids is 1. The SMILES string of the molecule is CN(C(=O)C(C)(C)Oc1cccc(Cl)c1)c1ccc(OCC(=O)O)cc1. The molecule has 1 amide bonds. The number of anilines is 1. The van der Waals surface area contributed by atoms with E-state index in [1.54, 1.807) is 69.4 Å². The standard InChI is InChI=1S/C19H20ClNO5/c1-19(2,26-16-6-4-5-13(20)11-16)18(24)21(3)14-7-9-15(10-8-14)25-12-17(22)23/h4-11H,12H2,1-3H3,(H,22,23). The van der Waals surface area contributed by atoms with Crippen molar-refractivity contribution in [2.75, 3.05) is 18.6 Å². The quantitative estimate of drug-likeness (QED) is 0.797. The predicted octanol–water partition coefficient (Wildman–Crippen LogP) is 3.62. The summed E-state index contributed by atoms with van der Waals surface area (Å²) in [7, 11) is 1.64. The van der Waals surface area contributed by atoms with E-state index >= 15 is 0 Å². The molecule has 26 heavy (non-hydrogen) atoms. The van der Waals surface area contributed by atoms with Crippen LogP contribution in [0.5, 0.6) is 11.5 Å². The zero-order valence-corrected chi connectivity index (χ0v) is 15.5. The van der Waals surface area contributed by atoms with Crippen LogP contribution in [0.3, 0.4) is 0 Å². The van der Waals surface area contributed by atoms with Gasteiger partial charge in [0.05, 0.1) is 0 Å². The highest BCUT2D eigenvalue weighted by atomic mass is 35.5. The Hall–Kier alpha value is -2.73. The lowest BCUT2D eigenvalue weighted by Crippen LogP contribution is -2.47. The van der Waals surface area contributed by atoms with Gasteiger partial charge in [-0.25, -0.2) is 4.79 Å². The number of ether oxygens (including phenoxy) is 2. The van der Waals surface area contributed by atoms with E-state index in [0.717, 1.165) is 0 Å². The molecule has 6 nitrogen and oxygen atoms in total. The molecule has 0 saturated heterocycles. The van der Waals surface area contributed by atoms with Crippen LogP contribution < -0.4 is 14.4 Å². The molecule has 1 N–H and O–H groups in total. The number of likely N-dealkylation sites (N-methyl/N-ethyl adjacent to an activating group) is 1. The van der Waals surface area contributed by atoms with Crippen LogP contribution in [0.4, 0.5) is 5.69 Å². The molecule has 0 aromatic heterocycles. The molecule has 0 radical (unpaired) electrons. The van der Waals surface area contributed by atoms with Gasteiger partial charge in [-0.15, -0.1) is 0 Å². The van der Waals surface area contributed by atoms with Crippen LogP contribution in [-0.4, -0.2) is 36.2 Å². The summed E-state index contributed by atoms with van der Waals surface area (Å²) in [5, 5.41) is 9.14. The highest BCUT2D eigenvalue weighted by molar-refractivity contribution is 6.30. The van der Waals surface area contributed by atoms with Gasteiger partial charge in [-0.2, -0.15) is 0 Å². The van der Waals surface area contributed by atoms with E-state index in [9.17, 15) is 9.59 Å². The molecule has 0 fully saturated rings. The summed E-state index contributed by atoms with van der Waals surface area (Å²) in [6, 6.07) is 13.4. The van der Waals surface area contributed by atoms with Crippen molar-refractivity contribution in [1.82, 2.24) is 0 Å². The zero-order chi connectivity index (χ0) is 19.3. The van der Waals surface area contributed by atoms with Gasteiger partial charge in [0.25, 0.3) is 5.91 Å². The molecule has 0 heterocycles. The fourth-order valence-corrected chi connectivity index (χ4v) is 2.48. The van der Waals surface area contributed by atoms with Gasteiger partial charge in [-0.1, -0.05) is 17.7 Å². The molecule has 0 aliphatic heterocycles.